The van der Waals surface area contributed by atoms with Gasteiger partial charge in [-0.1, -0.05) is 0 Å². The van der Waals surface area contributed by atoms with E-state index in [2.05, 4.69) is 9.53 Å². The summed E-state index contributed by atoms with van der Waals surface area (Å²) < 4.78 is 4.51. The normalized spacial score (nSPS) is 8.69. The molecule has 0 unspecified atom stereocenters. The molecule has 0 radical (unpaired) electrons. The molecule has 1 rings (SSSR count). The summed E-state index contributed by atoms with van der Waals surface area (Å²) in [4.78, 5) is 13.8. The maximum absolute atomic E-state index is 11.0. The summed E-state index contributed by atoms with van der Waals surface area (Å²) in [5.41, 5.74) is 9.41. The second-order valence-electron chi connectivity index (χ2n) is 2.36. The van der Waals surface area contributed by atoms with Crippen LogP contribution in [0, 0.1) is 0 Å². The molecule has 0 N–H and O–H groups in total. The quantitative estimate of drug-likeness (QED) is 0.293. The highest BCUT2D eigenvalue weighted by Gasteiger charge is 2.03. The smallest absolute Gasteiger partial charge is 0.337 e. The molecule has 0 amide bonds. The zero-order chi connectivity index (χ0) is 9.68. The predicted octanol–water partition coefficient (Wildman–Crippen LogP) is 1.12. The van der Waals surface area contributed by atoms with E-state index in [4.69, 9.17) is 5.53 Å². The molecule has 0 atom stereocenters. The van der Waals surface area contributed by atoms with Gasteiger partial charge >= 0.3 is 5.97 Å². The lowest BCUT2D eigenvalue weighted by Gasteiger charge is -1.96. The minimum Gasteiger partial charge on any atom is -0.465 e. The fourth-order valence-corrected chi connectivity index (χ4v) is 0.890. The first-order valence-corrected chi connectivity index (χ1v) is 3.63. The molecule has 0 saturated heterocycles. The number of methoxy groups -OCH3 is 1. The van der Waals surface area contributed by atoms with Crippen LogP contribution in [0.3, 0.4) is 0 Å². The van der Waals surface area contributed by atoms with Crippen molar-refractivity contribution in [1.29, 1.82) is 0 Å². The first-order chi connectivity index (χ1) is 6.27. The topological polar surface area (TPSA) is 62.7 Å². The lowest BCUT2D eigenvalue weighted by Crippen LogP contribution is -2.00. The Morgan fingerprint density at radius 1 is 1.46 bits per heavy atom. The molecule has 4 nitrogen and oxygen atoms in total. The highest BCUT2D eigenvalue weighted by molar-refractivity contribution is 5.90. The van der Waals surface area contributed by atoms with Crippen molar-refractivity contribution in [2.45, 2.75) is 0 Å². The Morgan fingerprint density at radius 3 is 2.54 bits per heavy atom. The van der Waals surface area contributed by atoms with Gasteiger partial charge in [-0.2, -0.15) is 4.79 Å². The first-order valence-electron chi connectivity index (χ1n) is 3.63. The van der Waals surface area contributed by atoms with E-state index in [1.54, 1.807) is 24.3 Å². The average molecular weight is 176 g/mol. The van der Waals surface area contributed by atoms with Crippen molar-refractivity contribution < 1.29 is 14.3 Å². The zero-order valence-corrected chi connectivity index (χ0v) is 7.10. The summed E-state index contributed by atoms with van der Waals surface area (Å²) in [7, 11) is 1.32. The molecule has 1 aromatic carbocycles. The third kappa shape index (κ3) is 2.25. The average Bonchev–Trinajstić information content (AvgIpc) is 2.18. The summed E-state index contributed by atoms with van der Waals surface area (Å²) in [6.07, 6.45) is 1.28. The lowest BCUT2D eigenvalue weighted by atomic mass is 10.1. The van der Waals surface area contributed by atoms with Gasteiger partial charge in [0, 0.05) is 0 Å². The van der Waals surface area contributed by atoms with Gasteiger partial charge in [0.15, 0.2) is 0 Å². The Balaban J connectivity index is 2.93. The highest BCUT2D eigenvalue weighted by atomic mass is 16.5. The molecule has 0 aliphatic heterocycles. The van der Waals surface area contributed by atoms with Gasteiger partial charge in [0.25, 0.3) is 6.21 Å². The summed E-state index contributed by atoms with van der Waals surface area (Å²) in [6, 6.07) is 6.52. The Morgan fingerprint density at radius 2 is 2.08 bits per heavy atom. The number of nitrogens with zero attached hydrogens (tertiary/aromatic N) is 2. The van der Waals surface area contributed by atoms with Crippen LogP contribution in [0.25, 0.3) is 5.53 Å². The first kappa shape index (κ1) is 9.16. The van der Waals surface area contributed by atoms with Crippen molar-refractivity contribution in [1.82, 2.24) is 0 Å². The van der Waals surface area contributed by atoms with Gasteiger partial charge in [0.2, 0.25) is 0 Å². The van der Waals surface area contributed by atoms with Crippen LogP contribution < -0.4 is 0 Å². The molecule has 0 aliphatic carbocycles. The van der Waals surface area contributed by atoms with E-state index in [9.17, 15) is 4.79 Å². The van der Waals surface area contributed by atoms with Crippen molar-refractivity contribution in [2.75, 3.05) is 7.11 Å². The van der Waals surface area contributed by atoms with Crippen LogP contribution >= 0.6 is 0 Å². The number of rotatable bonds is 2. The minimum atomic E-state index is -0.382. The molecule has 13 heavy (non-hydrogen) atoms. The van der Waals surface area contributed by atoms with Crippen LogP contribution in [0.1, 0.15) is 15.9 Å². The van der Waals surface area contributed by atoms with E-state index in [0.29, 0.717) is 5.56 Å². The van der Waals surface area contributed by atoms with Crippen molar-refractivity contribution in [3.63, 3.8) is 0 Å². The molecule has 66 valence electrons. The lowest BCUT2D eigenvalue weighted by molar-refractivity contribution is 0.00455. The third-order valence-electron chi connectivity index (χ3n) is 1.54. The molecule has 0 spiro atoms. The van der Waals surface area contributed by atoms with Gasteiger partial charge < -0.3 is 10.3 Å². The molecule has 0 saturated carbocycles. The Labute approximate surface area is 75.4 Å². The Hall–Kier alpha value is -1.93. The molecule has 0 bridgehead atoms. The molecule has 0 heterocycles. The maximum Gasteiger partial charge on any atom is 0.337 e. The molecule has 0 aliphatic rings. The van der Waals surface area contributed by atoms with E-state index >= 15 is 0 Å². The Kier molecular flexibility index (Phi) is 2.95. The van der Waals surface area contributed by atoms with Crippen LogP contribution in [0.2, 0.25) is 0 Å². The van der Waals surface area contributed by atoms with Crippen molar-refractivity contribution in [3.8, 4) is 0 Å². The van der Waals surface area contributed by atoms with Crippen LogP contribution in [0.4, 0.5) is 0 Å². The van der Waals surface area contributed by atoms with E-state index in [-0.39, 0.29) is 5.97 Å². The molecule has 0 fully saturated rings. The number of hydrogen-bond donors (Lipinski definition) is 0. The largest absolute Gasteiger partial charge is 0.465 e. The Bertz CT molecular complexity index is 350. The standard InChI is InChI=1S/C9H8N2O2/c1-13-9(12)8-4-2-7(3-5-8)6-11-10/h2-6H,1H3. The second-order valence-corrected chi connectivity index (χ2v) is 2.36. The zero-order valence-electron chi connectivity index (χ0n) is 7.10. The molecule has 0 aromatic heterocycles. The second kappa shape index (κ2) is 4.18. The molecule has 1 aromatic rings. The summed E-state index contributed by atoms with van der Waals surface area (Å²) in [5.74, 6) is -0.382. The van der Waals surface area contributed by atoms with Crippen LogP contribution in [0.15, 0.2) is 24.3 Å². The molecular formula is C9H8N2O2. The SMILES string of the molecule is COC(=O)c1ccc(C=[N+]=[N-])cc1. The number of ether oxygens (including phenoxy) is 1. The van der Waals surface area contributed by atoms with E-state index < -0.39 is 0 Å². The van der Waals surface area contributed by atoms with Crippen molar-refractivity contribution >= 4 is 12.2 Å². The fourth-order valence-electron chi connectivity index (χ4n) is 0.890. The van der Waals surface area contributed by atoms with Crippen LogP contribution in [0.5, 0.6) is 0 Å². The van der Waals surface area contributed by atoms with Crippen molar-refractivity contribution in [2.24, 2.45) is 0 Å². The van der Waals surface area contributed by atoms with E-state index in [0.717, 1.165) is 5.56 Å². The van der Waals surface area contributed by atoms with Gasteiger partial charge in [0.1, 0.15) is 0 Å². The van der Waals surface area contributed by atoms with E-state index in [1.807, 2.05) is 0 Å². The summed E-state index contributed by atoms with van der Waals surface area (Å²) in [5, 5.41) is 0. The molecule has 4 heteroatoms. The predicted molar refractivity (Wildman–Crippen MR) is 46.6 cm³/mol. The monoisotopic (exact) mass is 176 g/mol. The van der Waals surface area contributed by atoms with Crippen LogP contribution in [-0.4, -0.2) is 24.1 Å². The minimum absolute atomic E-state index is 0.382. The highest BCUT2D eigenvalue weighted by Crippen LogP contribution is 2.03. The number of carbonyl (C=O) groups excluding carboxylic acids is 1. The van der Waals surface area contributed by atoms with Gasteiger partial charge in [-0.05, 0) is 24.3 Å². The van der Waals surface area contributed by atoms with Crippen molar-refractivity contribution in [3.05, 3.63) is 40.9 Å². The number of benzene rings is 1. The van der Waals surface area contributed by atoms with Gasteiger partial charge in [-0.15, -0.1) is 0 Å². The maximum atomic E-state index is 11.0. The van der Waals surface area contributed by atoms with Gasteiger partial charge in [0.05, 0.1) is 18.2 Å². The van der Waals surface area contributed by atoms with Gasteiger partial charge in [-0.25, -0.2) is 4.79 Å². The number of esters is 1. The number of carbonyl (C=O) groups is 1. The fraction of sp³-hybridized carbons (Fsp3) is 0.111. The van der Waals surface area contributed by atoms with Crippen LogP contribution in [-0.2, 0) is 4.74 Å². The number of hydrogen-bond acceptors (Lipinski definition) is 2. The summed E-state index contributed by atoms with van der Waals surface area (Å²) in [6.45, 7) is 0. The van der Waals surface area contributed by atoms with Gasteiger partial charge in [-0.3, -0.25) is 0 Å². The summed E-state index contributed by atoms with van der Waals surface area (Å²) >= 11 is 0. The molecular weight excluding hydrogens is 168 g/mol. The third-order valence-corrected chi connectivity index (χ3v) is 1.54. The van der Waals surface area contributed by atoms with E-state index in [1.165, 1.54) is 13.3 Å².